The summed E-state index contributed by atoms with van der Waals surface area (Å²) < 4.78 is 4.81. The molecule has 0 radical (unpaired) electrons. The Kier molecular flexibility index (Phi) is 5.63. The number of halogens is 2. The molecule has 0 unspecified atom stereocenters. The van der Waals surface area contributed by atoms with Crippen LogP contribution >= 0.6 is 23.2 Å². The summed E-state index contributed by atoms with van der Waals surface area (Å²) in [4.78, 5) is 12.0. The zero-order valence-electron chi connectivity index (χ0n) is 13.9. The first-order chi connectivity index (χ1) is 12.6. The molecule has 0 atom stereocenters. The first-order valence-corrected chi connectivity index (χ1v) is 8.59. The first kappa shape index (κ1) is 18.1. The quantitative estimate of drug-likeness (QED) is 0.411. The Morgan fingerprint density at radius 2 is 1.46 bits per heavy atom. The van der Waals surface area contributed by atoms with Crippen LogP contribution < -0.4 is 0 Å². The summed E-state index contributed by atoms with van der Waals surface area (Å²) in [6.07, 6.45) is 0. The lowest BCUT2D eigenvalue weighted by Gasteiger charge is -2.06. The smallest absolute Gasteiger partial charge is 0.339 e. The van der Waals surface area contributed by atoms with Gasteiger partial charge in [-0.05, 0) is 47.5 Å². The predicted octanol–water partition coefficient (Wildman–Crippen LogP) is 5.85. The second kappa shape index (κ2) is 8.10. The third-order valence-corrected chi connectivity index (χ3v) is 4.26. The van der Waals surface area contributed by atoms with Gasteiger partial charge in [-0.15, -0.1) is 0 Å². The van der Waals surface area contributed by atoms with E-state index in [-0.39, 0.29) is 0 Å². The number of ether oxygens (including phenoxy) is 1. The van der Waals surface area contributed by atoms with Gasteiger partial charge in [0, 0.05) is 21.2 Å². The van der Waals surface area contributed by atoms with E-state index in [2.05, 4.69) is 11.8 Å². The Morgan fingerprint density at radius 1 is 0.846 bits per heavy atom. The highest BCUT2D eigenvalue weighted by molar-refractivity contribution is 6.31. The Morgan fingerprint density at radius 3 is 2.15 bits per heavy atom. The van der Waals surface area contributed by atoms with Gasteiger partial charge in [-0.2, -0.15) is 0 Å². The first-order valence-electron chi connectivity index (χ1n) is 7.83. The second-order valence-corrected chi connectivity index (χ2v) is 6.36. The molecule has 4 heteroatoms. The van der Waals surface area contributed by atoms with Crippen LogP contribution in [0.15, 0.2) is 66.7 Å². The summed E-state index contributed by atoms with van der Waals surface area (Å²) in [5, 5.41) is 1.09. The van der Waals surface area contributed by atoms with Crippen molar-refractivity contribution in [2.45, 2.75) is 0 Å². The van der Waals surface area contributed by atoms with Gasteiger partial charge in [0.25, 0.3) is 0 Å². The van der Waals surface area contributed by atoms with E-state index in [0.717, 1.165) is 16.7 Å². The fraction of sp³-hybridized carbons (Fsp3) is 0.0455. The highest BCUT2D eigenvalue weighted by Crippen LogP contribution is 2.26. The monoisotopic (exact) mass is 380 g/mol. The molecule has 0 N–H and O–H groups in total. The summed E-state index contributed by atoms with van der Waals surface area (Å²) in [6.45, 7) is 0. The van der Waals surface area contributed by atoms with E-state index >= 15 is 0 Å². The second-order valence-electron chi connectivity index (χ2n) is 5.49. The van der Waals surface area contributed by atoms with E-state index < -0.39 is 5.97 Å². The van der Waals surface area contributed by atoms with E-state index in [1.54, 1.807) is 24.3 Å². The molecule has 3 aromatic carbocycles. The molecule has 128 valence electrons. The van der Waals surface area contributed by atoms with E-state index in [1.165, 1.54) is 7.11 Å². The number of hydrogen-bond donors (Lipinski definition) is 0. The number of hydrogen-bond acceptors (Lipinski definition) is 2. The molecule has 0 aromatic heterocycles. The van der Waals surface area contributed by atoms with Gasteiger partial charge in [0.15, 0.2) is 0 Å². The zero-order chi connectivity index (χ0) is 18.5. The molecular formula is C22H14Cl2O2. The van der Waals surface area contributed by atoms with Crippen molar-refractivity contribution in [1.29, 1.82) is 0 Å². The summed E-state index contributed by atoms with van der Waals surface area (Å²) in [5.41, 5.74) is 3.65. The number of carbonyl (C=O) groups is 1. The van der Waals surface area contributed by atoms with Gasteiger partial charge in [0.05, 0.1) is 12.7 Å². The van der Waals surface area contributed by atoms with Crippen molar-refractivity contribution in [2.24, 2.45) is 0 Å². The largest absolute Gasteiger partial charge is 0.465 e. The lowest BCUT2D eigenvalue weighted by atomic mass is 9.99. The fourth-order valence-electron chi connectivity index (χ4n) is 2.52. The number of esters is 1. The average molecular weight is 381 g/mol. The van der Waals surface area contributed by atoms with Crippen molar-refractivity contribution in [3.63, 3.8) is 0 Å². The topological polar surface area (TPSA) is 26.3 Å². The van der Waals surface area contributed by atoms with Gasteiger partial charge in [-0.3, -0.25) is 0 Å². The number of carbonyl (C=O) groups excluding carboxylic acids is 1. The summed E-state index contributed by atoms with van der Waals surface area (Å²) >= 11 is 12.1. The van der Waals surface area contributed by atoms with Gasteiger partial charge < -0.3 is 4.74 Å². The van der Waals surface area contributed by atoms with E-state index in [9.17, 15) is 4.79 Å². The minimum Gasteiger partial charge on any atom is -0.465 e. The Balaban J connectivity index is 2.09. The van der Waals surface area contributed by atoms with Gasteiger partial charge in [0.1, 0.15) is 0 Å². The van der Waals surface area contributed by atoms with Crippen LogP contribution in [0.3, 0.4) is 0 Å². The van der Waals surface area contributed by atoms with Crippen LogP contribution in [-0.2, 0) is 4.74 Å². The standard InChI is InChI=1S/C22H14Cl2O2/c1-26-22(25)21-14-19(24)12-10-17(21)8-7-16-9-11-18(23)13-20(16)15-5-3-2-4-6-15/h2-6,9-14H,1H3. The third-order valence-electron chi connectivity index (χ3n) is 3.79. The minimum atomic E-state index is -0.476. The van der Waals surface area contributed by atoms with Gasteiger partial charge in [-0.25, -0.2) is 4.79 Å². The molecule has 0 aliphatic heterocycles. The highest BCUT2D eigenvalue weighted by atomic mass is 35.5. The van der Waals surface area contributed by atoms with Crippen LogP contribution in [0.4, 0.5) is 0 Å². The minimum absolute atomic E-state index is 0.336. The molecule has 0 spiro atoms. The predicted molar refractivity (Wildman–Crippen MR) is 106 cm³/mol. The molecule has 26 heavy (non-hydrogen) atoms. The maximum atomic E-state index is 12.0. The van der Waals surface area contributed by atoms with E-state index in [0.29, 0.717) is 21.2 Å². The molecule has 0 aliphatic rings. The van der Waals surface area contributed by atoms with Crippen LogP contribution in [0.2, 0.25) is 10.0 Å². The summed E-state index contributed by atoms with van der Waals surface area (Å²) in [6, 6.07) is 20.4. The fourth-order valence-corrected chi connectivity index (χ4v) is 2.87. The van der Waals surface area contributed by atoms with Crippen molar-refractivity contribution < 1.29 is 9.53 Å². The van der Waals surface area contributed by atoms with Crippen LogP contribution in [0.5, 0.6) is 0 Å². The number of rotatable bonds is 2. The van der Waals surface area contributed by atoms with Crippen molar-refractivity contribution in [1.82, 2.24) is 0 Å². The molecule has 0 amide bonds. The molecule has 3 aromatic rings. The normalized spacial score (nSPS) is 9.96. The van der Waals surface area contributed by atoms with Crippen molar-refractivity contribution in [3.8, 4) is 23.0 Å². The molecule has 0 heterocycles. The molecule has 0 aliphatic carbocycles. The molecule has 0 saturated carbocycles. The van der Waals surface area contributed by atoms with Crippen LogP contribution in [0, 0.1) is 11.8 Å². The maximum absolute atomic E-state index is 12.0. The Labute approximate surface area is 162 Å². The Hall–Kier alpha value is -2.73. The molecule has 0 fully saturated rings. The number of benzene rings is 3. The van der Waals surface area contributed by atoms with Gasteiger partial charge >= 0.3 is 5.97 Å². The van der Waals surface area contributed by atoms with Gasteiger partial charge in [-0.1, -0.05) is 65.4 Å². The summed E-state index contributed by atoms with van der Waals surface area (Å²) in [7, 11) is 1.33. The van der Waals surface area contributed by atoms with Crippen molar-refractivity contribution >= 4 is 29.2 Å². The molecule has 0 saturated heterocycles. The Bertz CT molecular complexity index is 1020. The van der Waals surface area contributed by atoms with Crippen molar-refractivity contribution in [3.05, 3.63) is 93.5 Å². The lowest BCUT2D eigenvalue weighted by Crippen LogP contribution is -2.04. The molecule has 3 rings (SSSR count). The van der Waals surface area contributed by atoms with Gasteiger partial charge in [0.2, 0.25) is 0 Å². The molecule has 0 bridgehead atoms. The molecule has 2 nitrogen and oxygen atoms in total. The summed E-state index contributed by atoms with van der Waals surface area (Å²) in [5.74, 6) is 5.71. The highest BCUT2D eigenvalue weighted by Gasteiger charge is 2.11. The lowest BCUT2D eigenvalue weighted by molar-refractivity contribution is 0.0600. The SMILES string of the molecule is COC(=O)c1cc(Cl)ccc1C#Cc1ccc(Cl)cc1-c1ccccc1. The maximum Gasteiger partial charge on any atom is 0.339 e. The zero-order valence-corrected chi connectivity index (χ0v) is 15.4. The van der Waals surface area contributed by atoms with Crippen LogP contribution in [-0.4, -0.2) is 13.1 Å². The average Bonchev–Trinajstić information content (AvgIpc) is 2.67. The molecular weight excluding hydrogens is 367 g/mol. The van der Waals surface area contributed by atoms with E-state index in [1.807, 2.05) is 42.5 Å². The number of methoxy groups -OCH3 is 1. The van der Waals surface area contributed by atoms with Crippen molar-refractivity contribution in [2.75, 3.05) is 7.11 Å². The third kappa shape index (κ3) is 4.08. The van der Waals surface area contributed by atoms with Crippen LogP contribution in [0.25, 0.3) is 11.1 Å². The van der Waals surface area contributed by atoms with Crippen LogP contribution in [0.1, 0.15) is 21.5 Å². The van der Waals surface area contributed by atoms with E-state index in [4.69, 9.17) is 27.9 Å².